The Morgan fingerprint density at radius 3 is 2.43 bits per heavy atom. The van der Waals surface area contributed by atoms with E-state index < -0.39 is 25.7 Å². The van der Waals surface area contributed by atoms with E-state index in [1.165, 1.54) is 0 Å². The van der Waals surface area contributed by atoms with Gasteiger partial charge in [0.25, 0.3) is 15.0 Å². The number of nitrogens with one attached hydrogen (secondary N) is 1. The zero-order valence-corrected chi connectivity index (χ0v) is 14.1. The first-order valence-corrected chi connectivity index (χ1v) is 9.01. The minimum atomic E-state index is -4.30. The molecule has 0 aliphatic heterocycles. The average Bonchev–Trinajstić information content (AvgIpc) is 2.35. The van der Waals surface area contributed by atoms with E-state index in [-0.39, 0.29) is 22.5 Å². The number of carbonyl (C=O) groups excluding carboxylic acids is 1. The summed E-state index contributed by atoms with van der Waals surface area (Å²) in [6.07, 6.45) is 0.861. The van der Waals surface area contributed by atoms with Crippen LogP contribution < -0.4 is 5.32 Å². The number of carbonyl (C=O) groups is 1. The van der Waals surface area contributed by atoms with Gasteiger partial charge >= 0.3 is 0 Å². The summed E-state index contributed by atoms with van der Waals surface area (Å²) in [4.78, 5) is 11.4. The Kier molecular flexibility index (Phi) is 6.01. The summed E-state index contributed by atoms with van der Waals surface area (Å²) in [6, 6.07) is 1.47. The summed E-state index contributed by atoms with van der Waals surface area (Å²) in [5.41, 5.74) is -0.132. The lowest BCUT2D eigenvalue weighted by molar-refractivity contribution is 0.0928. The summed E-state index contributed by atoms with van der Waals surface area (Å²) in [7, 11) is 0.832. The molecule has 1 amide bonds. The number of amides is 1. The van der Waals surface area contributed by atoms with E-state index in [2.05, 4.69) is 5.32 Å². The van der Waals surface area contributed by atoms with Gasteiger partial charge in [-0.2, -0.15) is 0 Å². The fourth-order valence-electron chi connectivity index (χ4n) is 1.67. The molecule has 0 aromatic heterocycles. The number of hydrogen-bond donors (Lipinski definition) is 1. The predicted molar refractivity (Wildman–Crippen MR) is 80.8 cm³/mol. The van der Waals surface area contributed by atoms with Gasteiger partial charge < -0.3 is 5.32 Å². The fourth-order valence-corrected chi connectivity index (χ4v) is 2.81. The fraction of sp³-hybridized carbons (Fsp3) is 0.462. The molecule has 2 atom stereocenters. The van der Waals surface area contributed by atoms with Crippen molar-refractivity contribution in [1.82, 2.24) is 5.32 Å². The second-order valence-electron chi connectivity index (χ2n) is 4.85. The molecular formula is C13H16Cl2FNO3S. The molecule has 1 N–H and O–H groups in total. The lowest BCUT2D eigenvalue weighted by atomic mass is 10.0. The Hall–Kier alpha value is -0.850. The van der Waals surface area contributed by atoms with Crippen molar-refractivity contribution in [2.75, 3.05) is 0 Å². The molecule has 118 valence electrons. The van der Waals surface area contributed by atoms with Crippen LogP contribution in [0.15, 0.2) is 17.0 Å². The van der Waals surface area contributed by atoms with Gasteiger partial charge in [0.1, 0.15) is 10.7 Å². The van der Waals surface area contributed by atoms with Crippen LogP contribution in [0.3, 0.4) is 0 Å². The van der Waals surface area contributed by atoms with Crippen molar-refractivity contribution >= 4 is 37.2 Å². The van der Waals surface area contributed by atoms with Gasteiger partial charge in [0.2, 0.25) is 0 Å². The number of rotatable bonds is 5. The molecule has 0 aliphatic carbocycles. The van der Waals surface area contributed by atoms with E-state index in [1.807, 2.05) is 20.8 Å². The van der Waals surface area contributed by atoms with Crippen LogP contribution in [-0.4, -0.2) is 20.4 Å². The molecule has 0 radical (unpaired) electrons. The molecule has 0 bridgehead atoms. The minimum absolute atomic E-state index is 0.132. The summed E-state index contributed by atoms with van der Waals surface area (Å²) in [5.74, 6) is -1.44. The van der Waals surface area contributed by atoms with E-state index in [4.69, 9.17) is 22.3 Å². The smallest absolute Gasteiger partial charge is 0.264 e. The standard InChI is InChI=1S/C13H16Cl2FNO3S/c1-4-7(2)8(3)17-13(18)9-5-12(21(15,19)20)11(16)6-10(9)14/h5-8H,4H2,1-3H3,(H,17,18). The summed E-state index contributed by atoms with van der Waals surface area (Å²) < 4.78 is 36.1. The molecule has 0 fully saturated rings. The van der Waals surface area contributed by atoms with Crippen LogP contribution in [0.2, 0.25) is 5.02 Å². The Morgan fingerprint density at radius 1 is 1.38 bits per heavy atom. The van der Waals surface area contributed by atoms with Gasteiger partial charge in [-0.25, -0.2) is 12.8 Å². The largest absolute Gasteiger partial charge is 0.349 e. The molecule has 1 aromatic rings. The van der Waals surface area contributed by atoms with E-state index in [1.54, 1.807) is 0 Å². The molecule has 21 heavy (non-hydrogen) atoms. The maximum atomic E-state index is 13.6. The second-order valence-corrected chi connectivity index (χ2v) is 7.79. The molecule has 0 saturated heterocycles. The van der Waals surface area contributed by atoms with Gasteiger partial charge in [-0.3, -0.25) is 4.79 Å². The van der Waals surface area contributed by atoms with Crippen molar-refractivity contribution in [1.29, 1.82) is 0 Å². The average molecular weight is 356 g/mol. The first-order valence-electron chi connectivity index (χ1n) is 6.32. The summed E-state index contributed by atoms with van der Waals surface area (Å²) >= 11 is 5.80. The highest BCUT2D eigenvalue weighted by atomic mass is 35.7. The highest BCUT2D eigenvalue weighted by Gasteiger charge is 2.23. The van der Waals surface area contributed by atoms with E-state index in [9.17, 15) is 17.6 Å². The van der Waals surface area contributed by atoms with Crippen molar-refractivity contribution in [2.24, 2.45) is 5.92 Å². The molecule has 0 heterocycles. The zero-order chi connectivity index (χ0) is 16.4. The Morgan fingerprint density at radius 2 is 1.95 bits per heavy atom. The third-order valence-corrected chi connectivity index (χ3v) is 5.03. The van der Waals surface area contributed by atoms with Crippen LogP contribution >= 0.6 is 22.3 Å². The molecule has 2 unspecified atom stereocenters. The van der Waals surface area contributed by atoms with Crippen LogP contribution in [0.1, 0.15) is 37.6 Å². The second kappa shape index (κ2) is 6.94. The molecule has 0 spiro atoms. The zero-order valence-electron chi connectivity index (χ0n) is 11.8. The SMILES string of the molecule is CCC(C)C(C)NC(=O)c1cc(S(=O)(=O)Cl)c(F)cc1Cl. The van der Waals surface area contributed by atoms with Crippen LogP contribution in [-0.2, 0) is 9.05 Å². The maximum Gasteiger partial charge on any atom is 0.264 e. The van der Waals surface area contributed by atoms with Crippen molar-refractivity contribution < 1.29 is 17.6 Å². The Bertz CT molecular complexity index is 649. The lowest BCUT2D eigenvalue weighted by Gasteiger charge is -2.20. The normalized spacial score (nSPS) is 14.6. The highest BCUT2D eigenvalue weighted by Crippen LogP contribution is 2.26. The summed E-state index contributed by atoms with van der Waals surface area (Å²) in [5, 5.41) is 2.53. The number of benzene rings is 1. The van der Waals surface area contributed by atoms with E-state index in [0.717, 1.165) is 18.6 Å². The molecule has 0 saturated carbocycles. The van der Waals surface area contributed by atoms with Crippen molar-refractivity contribution in [3.8, 4) is 0 Å². The highest BCUT2D eigenvalue weighted by molar-refractivity contribution is 8.13. The predicted octanol–water partition coefficient (Wildman–Crippen LogP) is 3.57. The van der Waals surface area contributed by atoms with Gasteiger partial charge in [-0.15, -0.1) is 0 Å². The third kappa shape index (κ3) is 4.56. The maximum absolute atomic E-state index is 13.6. The topological polar surface area (TPSA) is 63.2 Å². The molecule has 8 heteroatoms. The Balaban J connectivity index is 3.16. The molecule has 0 aliphatic rings. The van der Waals surface area contributed by atoms with Crippen LogP contribution in [0.25, 0.3) is 0 Å². The van der Waals surface area contributed by atoms with Gasteiger partial charge in [0.05, 0.1) is 10.6 Å². The van der Waals surface area contributed by atoms with Crippen LogP contribution in [0.5, 0.6) is 0 Å². The number of halogens is 3. The third-order valence-electron chi connectivity index (χ3n) is 3.39. The first kappa shape index (κ1) is 18.2. The molecule has 1 rings (SSSR count). The van der Waals surface area contributed by atoms with Crippen molar-refractivity contribution in [3.05, 3.63) is 28.5 Å². The molecular weight excluding hydrogens is 340 g/mol. The summed E-state index contributed by atoms with van der Waals surface area (Å²) in [6.45, 7) is 5.77. The van der Waals surface area contributed by atoms with E-state index >= 15 is 0 Å². The lowest BCUT2D eigenvalue weighted by Crippen LogP contribution is -2.37. The molecule has 1 aromatic carbocycles. The Labute approximate surface area is 133 Å². The van der Waals surface area contributed by atoms with Crippen molar-refractivity contribution in [2.45, 2.75) is 38.1 Å². The van der Waals surface area contributed by atoms with Gasteiger partial charge in [-0.1, -0.05) is 31.9 Å². The number of hydrogen-bond acceptors (Lipinski definition) is 3. The van der Waals surface area contributed by atoms with Gasteiger partial charge in [0.15, 0.2) is 0 Å². The minimum Gasteiger partial charge on any atom is -0.349 e. The van der Waals surface area contributed by atoms with Crippen LogP contribution in [0, 0.1) is 11.7 Å². The van der Waals surface area contributed by atoms with E-state index in [0.29, 0.717) is 0 Å². The van der Waals surface area contributed by atoms with Gasteiger partial charge in [-0.05, 0) is 25.0 Å². The van der Waals surface area contributed by atoms with Crippen LogP contribution in [0.4, 0.5) is 4.39 Å². The quantitative estimate of drug-likeness (QED) is 0.821. The first-order chi connectivity index (χ1) is 9.57. The van der Waals surface area contributed by atoms with Crippen molar-refractivity contribution in [3.63, 3.8) is 0 Å². The van der Waals surface area contributed by atoms with Gasteiger partial charge in [0, 0.05) is 16.7 Å². The monoisotopic (exact) mass is 355 g/mol. The molecule has 4 nitrogen and oxygen atoms in total.